The van der Waals surface area contributed by atoms with Crippen molar-refractivity contribution < 1.29 is 24.2 Å². The first-order chi connectivity index (χ1) is 8.89. The van der Waals surface area contributed by atoms with Crippen LogP contribution >= 0.6 is 0 Å². The third-order valence-electron chi connectivity index (χ3n) is 3.45. The van der Waals surface area contributed by atoms with E-state index in [-0.39, 0.29) is 18.4 Å². The molecule has 0 unspecified atom stereocenters. The van der Waals surface area contributed by atoms with Gasteiger partial charge in [-0.25, -0.2) is 4.79 Å². The molecule has 0 saturated carbocycles. The molecule has 0 aromatic rings. The van der Waals surface area contributed by atoms with E-state index < -0.39 is 11.6 Å². The smallest absolute Gasteiger partial charge is 0.329 e. The molecule has 106 valence electrons. The monoisotopic (exact) mass is 270 g/mol. The molecule has 2 aliphatic heterocycles. The van der Waals surface area contributed by atoms with E-state index in [4.69, 9.17) is 9.84 Å². The molecule has 0 aliphatic carbocycles. The van der Waals surface area contributed by atoms with Crippen molar-refractivity contribution >= 4 is 17.8 Å². The lowest BCUT2D eigenvalue weighted by atomic mass is 9.96. The molecule has 2 heterocycles. The second-order valence-corrected chi connectivity index (χ2v) is 5.28. The first-order valence-corrected chi connectivity index (χ1v) is 6.31. The van der Waals surface area contributed by atoms with Gasteiger partial charge in [0.2, 0.25) is 11.8 Å². The van der Waals surface area contributed by atoms with Gasteiger partial charge >= 0.3 is 5.97 Å². The number of aliphatic carboxylic acids is 1. The quantitative estimate of drug-likeness (QED) is 0.643. The van der Waals surface area contributed by atoms with Crippen molar-refractivity contribution in [2.45, 2.75) is 25.4 Å². The van der Waals surface area contributed by atoms with Gasteiger partial charge in [0, 0.05) is 39.0 Å². The number of likely N-dealkylation sites (tertiary alicyclic amines) is 2. The highest BCUT2D eigenvalue weighted by Crippen LogP contribution is 2.24. The summed E-state index contributed by atoms with van der Waals surface area (Å²) in [6.07, 6.45) is 0.635. The van der Waals surface area contributed by atoms with Gasteiger partial charge in [-0.05, 0) is 6.92 Å². The first kappa shape index (κ1) is 14.0. The zero-order valence-electron chi connectivity index (χ0n) is 10.9. The average Bonchev–Trinajstić information content (AvgIpc) is 2.61. The lowest BCUT2D eigenvalue weighted by Gasteiger charge is -2.47. The normalized spacial score (nSPS) is 22.7. The van der Waals surface area contributed by atoms with Crippen molar-refractivity contribution in [3.63, 3.8) is 0 Å². The fraction of sp³-hybridized carbons (Fsp3) is 0.750. The van der Waals surface area contributed by atoms with Crippen LogP contribution in [0, 0.1) is 0 Å². The van der Waals surface area contributed by atoms with Crippen LogP contribution in [0.1, 0.15) is 19.8 Å². The molecule has 7 nitrogen and oxygen atoms in total. The number of carbonyl (C=O) groups excluding carboxylic acids is 2. The minimum absolute atomic E-state index is 0.101. The summed E-state index contributed by atoms with van der Waals surface area (Å²) < 4.78 is 5.28. The number of imide groups is 1. The summed E-state index contributed by atoms with van der Waals surface area (Å²) in [4.78, 5) is 36.6. The van der Waals surface area contributed by atoms with E-state index in [2.05, 4.69) is 0 Å². The van der Waals surface area contributed by atoms with Crippen molar-refractivity contribution in [2.75, 3.05) is 32.8 Å². The van der Waals surface area contributed by atoms with Crippen molar-refractivity contribution in [3.05, 3.63) is 0 Å². The third-order valence-corrected chi connectivity index (χ3v) is 3.45. The second-order valence-electron chi connectivity index (χ2n) is 5.28. The lowest BCUT2D eigenvalue weighted by molar-refractivity contribution is -0.165. The molecule has 2 fully saturated rings. The molecule has 2 saturated heterocycles. The van der Waals surface area contributed by atoms with E-state index in [0.717, 1.165) is 0 Å². The molecule has 1 N–H and O–H groups in total. The largest absolute Gasteiger partial charge is 0.480 e. The predicted molar refractivity (Wildman–Crippen MR) is 64.4 cm³/mol. The summed E-state index contributed by atoms with van der Waals surface area (Å²) in [5.41, 5.74) is -0.433. The summed E-state index contributed by atoms with van der Waals surface area (Å²) in [5.74, 6) is -1.18. The summed E-state index contributed by atoms with van der Waals surface area (Å²) in [6, 6.07) is 0. The van der Waals surface area contributed by atoms with Crippen LogP contribution in [0.5, 0.6) is 0 Å². The van der Waals surface area contributed by atoms with E-state index in [1.165, 1.54) is 4.90 Å². The molecule has 0 aromatic heterocycles. The summed E-state index contributed by atoms with van der Waals surface area (Å²) in [6.45, 7) is 3.83. The molecule has 0 radical (unpaired) electrons. The number of hydrogen-bond donors (Lipinski definition) is 1. The lowest BCUT2D eigenvalue weighted by Crippen LogP contribution is -2.62. The molecule has 2 amide bonds. The highest BCUT2D eigenvalue weighted by atomic mass is 16.5. The summed E-state index contributed by atoms with van der Waals surface area (Å²) >= 11 is 0. The van der Waals surface area contributed by atoms with Gasteiger partial charge in [0.1, 0.15) is 6.61 Å². The minimum Gasteiger partial charge on any atom is -0.480 e. The maximum atomic E-state index is 11.4. The number of amides is 2. The van der Waals surface area contributed by atoms with E-state index in [9.17, 15) is 14.4 Å². The Morgan fingerprint density at radius 2 is 1.84 bits per heavy atom. The molecule has 19 heavy (non-hydrogen) atoms. The van der Waals surface area contributed by atoms with Crippen molar-refractivity contribution in [1.29, 1.82) is 0 Å². The third kappa shape index (κ3) is 3.30. The molecule has 0 bridgehead atoms. The Morgan fingerprint density at radius 1 is 1.26 bits per heavy atom. The molecule has 2 aliphatic rings. The van der Waals surface area contributed by atoms with Crippen molar-refractivity contribution in [1.82, 2.24) is 9.80 Å². The van der Waals surface area contributed by atoms with Crippen LogP contribution in [0.2, 0.25) is 0 Å². The maximum absolute atomic E-state index is 11.4. The molecule has 7 heteroatoms. The fourth-order valence-electron chi connectivity index (χ4n) is 2.50. The SMILES string of the molecule is CC1(OCC(=O)O)CN(CCN2C(=O)CCC2=O)C1. The Morgan fingerprint density at radius 3 is 2.37 bits per heavy atom. The Bertz CT molecular complexity index is 387. The van der Waals surface area contributed by atoms with Crippen LogP contribution in [0.15, 0.2) is 0 Å². The Kier molecular flexibility index (Phi) is 3.86. The van der Waals surface area contributed by atoms with Crippen molar-refractivity contribution in [2.24, 2.45) is 0 Å². The summed E-state index contributed by atoms with van der Waals surface area (Å²) in [5, 5.41) is 8.55. The van der Waals surface area contributed by atoms with E-state index in [0.29, 0.717) is 39.0 Å². The van der Waals surface area contributed by atoms with Crippen LogP contribution in [0.25, 0.3) is 0 Å². The van der Waals surface area contributed by atoms with Gasteiger partial charge in [-0.1, -0.05) is 0 Å². The first-order valence-electron chi connectivity index (χ1n) is 6.31. The van der Waals surface area contributed by atoms with Crippen LogP contribution < -0.4 is 0 Å². The number of ether oxygens (including phenoxy) is 1. The predicted octanol–water partition coefficient (Wildman–Crippen LogP) is -0.689. The number of hydrogen-bond acceptors (Lipinski definition) is 5. The Labute approximate surface area is 111 Å². The molecular formula is C12H18N2O5. The van der Waals surface area contributed by atoms with Gasteiger partial charge in [-0.15, -0.1) is 0 Å². The van der Waals surface area contributed by atoms with Gasteiger partial charge in [-0.2, -0.15) is 0 Å². The molecule has 0 spiro atoms. The zero-order chi connectivity index (χ0) is 14.0. The number of nitrogens with zero attached hydrogens (tertiary/aromatic N) is 2. The second kappa shape index (κ2) is 5.26. The van der Waals surface area contributed by atoms with Gasteiger partial charge in [0.25, 0.3) is 0 Å². The van der Waals surface area contributed by atoms with E-state index in [1.54, 1.807) is 0 Å². The standard InChI is InChI=1S/C12H18N2O5/c1-12(19-6-11(17)18)7-13(8-12)4-5-14-9(15)2-3-10(14)16/h2-8H2,1H3,(H,17,18). The summed E-state index contributed by atoms with van der Waals surface area (Å²) in [7, 11) is 0. The van der Waals surface area contributed by atoms with Crippen LogP contribution in [-0.4, -0.2) is 71.1 Å². The minimum atomic E-state index is -0.979. The van der Waals surface area contributed by atoms with E-state index >= 15 is 0 Å². The number of rotatable bonds is 6. The fourth-order valence-corrected chi connectivity index (χ4v) is 2.50. The number of carboxylic acids is 1. The highest BCUT2D eigenvalue weighted by Gasteiger charge is 2.40. The number of carboxylic acid groups (broad SMARTS) is 1. The molecule has 0 atom stereocenters. The number of carbonyl (C=O) groups is 3. The van der Waals surface area contributed by atoms with Gasteiger partial charge < -0.3 is 9.84 Å². The maximum Gasteiger partial charge on any atom is 0.329 e. The van der Waals surface area contributed by atoms with E-state index in [1.807, 2.05) is 11.8 Å². The Hall–Kier alpha value is -1.47. The highest BCUT2D eigenvalue weighted by molar-refractivity contribution is 6.01. The topological polar surface area (TPSA) is 87.2 Å². The molecule has 2 rings (SSSR count). The van der Waals surface area contributed by atoms with Crippen LogP contribution in [-0.2, 0) is 19.1 Å². The molecule has 0 aromatic carbocycles. The molecular weight excluding hydrogens is 252 g/mol. The Balaban J connectivity index is 1.69. The van der Waals surface area contributed by atoms with Crippen LogP contribution in [0.4, 0.5) is 0 Å². The zero-order valence-corrected chi connectivity index (χ0v) is 10.9. The van der Waals surface area contributed by atoms with Gasteiger partial charge in [0.05, 0.1) is 5.60 Å². The van der Waals surface area contributed by atoms with Gasteiger partial charge in [0.15, 0.2) is 0 Å². The van der Waals surface area contributed by atoms with Crippen molar-refractivity contribution in [3.8, 4) is 0 Å². The average molecular weight is 270 g/mol. The van der Waals surface area contributed by atoms with Crippen LogP contribution in [0.3, 0.4) is 0 Å². The van der Waals surface area contributed by atoms with Gasteiger partial charge in [-0.3, -0.25) is 19.4 Å².